The largest absolute Gasteiger partial charge is 0.497 e. The molecule has 0 saturated carbocycles. The van der Waals surface area contributed by atoms with Crippen molar-refractivity contribution in [2.75, 3.05) is 14.2 Å². The van der Waals surface area contributed by atoms with E-state index in [0.717, 1.165) is 23.5 Å². The molecular formula is C17H29NO2. The highest BCUT2D eigenvalue weighted by atomic mass is 16.5. The van der Waals surface area contributed by atoms with Crippen molar-refractivity contribution >= 4 is 0 Å². The minimum atomic E-state index is 0.0256. The van der Waals surface area contributed by atoms with E-state index in [4.69, 9.17) is 15.2 Å². The highest BCUT2D eigenvalue weighted by Gasteiger charge is 2.17. The van der Waals surface area contributed by atoms with Crippen LogP contribution in [0.25, 0.3) is 0 Å². The van der Waals surface area contributed by atoms with Crippen LogP contribution in [0.5, 0.6) is 11.5 Å². The van der Waals surface area contributed by atoms with Gasteiger partial charge in [0.05, 0.1) is 14.2 Å². The Bertz CT molecular complexity index is 393. The summed E-state index contributed by atoms with van der Waals surface area (Å²) in [6, 6.07) is 5.90. The number of hydrogen-bond donors (Lipinski definition) is 1. The van der Waals surface area contributed by atoms with Gasteiger partial charge in [0, 0.05) is 17.7 Å². The first-order valence-corrected chi connectivity index (χ1v) is 7.63. The van der Waals surface area contributed by atoms with Crippen LogP contribution in [-0.4, -0.2) is 14.2 Å². The van der Waals surface area contributed by atoms with Gasteiger partial charge in [0.2, 0.25) is 0 Å². The second-order valence-electron chi connectivity index (χ2n) is 5.37. The number of benzene rings is 1. The van der Waals surface area contributed by atoms with E-state index in [1.807, 2.05) is 18.2 Å². The number of methoxy groups -OCH3 is 2. The molecule has 2 unspecified atom stereocenters. The minimum Gasteiger partial charge on any atom is -0.497 e. The summed E-state index contributed by atoms with van der Waals surface area (Å²) in [5.41, 5.74) is 7.46. The lowest BCUT2D eigenvalue weighted by Gasteiger charge is -2.21. The quantitative estimate of drug-likeness (QED) is 0.732. The molecule has 0 aliphatic heterocycles. The molecule has 3 nitrogen and oxygen atoms in total. The lowest BCUT2D eigenvalue weighted by atomic mass is 9.89. The number of unbranched alkanes of at least 4 members (excludes halogenated alkanes) is 1. The molecular weight excluding hydrogens is 250 g/mol. The summed E-state index contributed by atoms with van der Waals surface area (Å²) in [6.07, 6.45) is 5.99. The zero-order valence-electron chi connectivity index (χ0n) is 13.3. The van der Waals surface area contributed by atoms with Crippen molar-refractivity contribution in [3.05, 3.63) is 23.8 Å². The topological polar surface area (TPSA) is 44.5 Å². The van der Waals surface area contributed by atoms with Crippen molar-refractivity contribution in [1.82, 2.24) is 0 Å². The molecule has 1 aromatic carbocycles. The van der Waals surface area contributed by atoms with E-state index in [2.05, 4.69) is 13.8 Å². The fraction of sp³-hybridized carbons (Fsp3) is 0.647. The zero-order chi connectivity index (χ0) is 15.0. The van der Waals surface area contributed by atoms with Gasteiger partial charge in [0.15, 0.2) is 0 Å². The maximum atomic E-state index is 6.39. The third-order valence-electron chi connectivity index (χ3n) is 3.97. The average molecular weight is 279 g/mol. The summed E-state index contributed by atoms with van der Waals surface area (Å²) in [5, 5.41) is 0. The molecule has 0 amide bonds. The summed E-state index contributed by atoms with van der Waals surface area (Å²) in [5.74, 6) is 2.31. The Morgan fingerprint density at radius 2 is 1.90 bits per heavy atom. The van der Waals surface area contributed by atoms with E-state index < -0.39 is 0 Å². The predicted molar refractivity (Wildman–Crippen MR) is 84.4 cm³/mol. The maximum Gasteiger partial charge on any atom is 0.127 e. The molecule has 0 radical (unpaired) electrons. The first-order chi connectivity index (χ1) is 9.65. The van der Waals surface area contributed by atoms with E-state index >= 15 is 0 Å². The Balaban J connectivity index is 2.77. The molecule has 0 aliphatic rings. The van der Waals surface area contributed by atoms with Crippen LogP contribution < -0.4 is 15.2 Å². The second kappa shape index (κ2) is 8.85. The minimum absolute atomic E-state index is 0.0256. The molecule has 0 heterocycles. The first kappa shape index (κ1) is 16.8. The van der Waals surface area contributed by atoms with E-state index in [1.54, 1.807) is 14.2 Å². The summed E-state index contributed by atoms with van der Waals surface area (Å²) in [4.78, 5) is 0. The van der Waals surface area contributed by atoms with E-state index in [1.165, 1.54) is 25.7 Å². The Labute approximate surface area is 123 Å². The van der Waals surface area contributed by atoms with Gasteiger partial charge in [-0.2, -0.15) is 0 Å². The lowest BCUT2D eigenvalue weighted by Crippen LogP contribution is -2.16. The number of ether oxygens (including phenoxy) is 2. The van der Waals surface area contributed by atoms with Crippen LogP contribution in [0.15, 0.2) is 18.2 Å². The summed E-state index contributed by atoms with van der Waals surface area (Å²) >= 11 is 0. The van der Waals surface area contributed by atoms with Gasteiger partial charge in [0.25, 0.3) is 0 Å². The van der Waals surface area contributed by atoms with Gasteiger partial charge < -0.3 is 15.2 Å². The monoisotopic (exact) mass is 279 g/mol. The molecule has 1 rings (SSSR count). The van der Waals surface area contributed by atoms with Crippen molar-refractivity contribution in [2.24, 2.45) is 11.7 Å². The maximum absolute atomic E-state index is 6.39. The van der Waals surface area contributed by atoms with Crippen LogP contribution in [0.3, 0.4) is 0 Å². The molecule has 0 spiro atoms. The molecule has 0 saturated heterocycles. The Kier molecular flexibility index (Phi) is 7.45. The van der Waals surface area contributed by atoms with Gasteiger partial charge in [-0.1, -0.05) is 45.6 Å². The van der Waals surface area contributed by atoms with Gasteiger partial charge in [-0.25, -0.2) is 0 Å². The molecule has 0 aliphatic carbocycles. The van der Waals surface area contributed by atoms with Crippen LogP contribution in [0.2, 0.25) is 0 Å². The molecule has 0 bridgehead atoms. The first-order valence-electron chi connectivity index (χ1n) is 7.63. The SMILES string of the molecule is CCCCC(CC)CC(N)c1ccc(OC)cc1OC. The average Bonchev–Trinajstić information content (AvgIpc) is 2.50. The van der Waals surface area contributed by atoms with Gasteiger partial charge in [-0.05, 0) is 18.4 Å². The molecule has 3 heteroatoms. The normalized spacial score (nSPS) is 13.8. The Morgan fingerprint density at radius 1 is 1.15 bits per heavy atom. The molecule has 2 N–H and O–H groups in total. The van der Waals surface area contributed by atoms with Gasteiger partial charge in [-0.15, -0.1) is 0 Å². The number of rotatable bonds is 9. The Hall–Kier alpha value is -1.22. The number of hydrogen-bond acceptors (Lipinski definition) is 3. The van der Waals surface area contributed by atoms with Crippen LogP contribution in [0.4, 0.5) is 0 Å². The summed E-state index contributed by atoms with van der Waals surface area (Å²) in [7, 11) is 3.34. The van der Waals surface area contributed by atoms with Crippen molar-refractivity contribution in [2.45, 2.75) is 52.0 Å². The summed E-state index contributed by atoms with van der Waals surface area (Å²) < 4.78 is 10.7. The van der Waals surface area contributed by atoms with Crippen molar-refractivity contribution in [1.29, 1.82) is 0 Å². The molecule has 1 aromatic rings. The van der Waals surface area contributed by atoms with E-state index in [0.29, 0.717) is 5.92 Å². The van der Waals surface area contributed by atoms with Crippen LogP contribution in [0.1, 0.15) is 57.6 Å². The lowest BCUT2D eigenvalue weighted by molar-refractivity contribution is 0.366. The summed E-state index contributed by atoms with van der Waals surface area (Å²) in [6.45, 7) is 4.48. The van der Waals surface area contributed by atoms with Gasteiger partial charge in [-0.3, -0.25) is 0 Å². The highest BCUT2D eigenvalue weighted by molar-refractivity contribution is 5.42. The third kappa shape index (κ3) is 4.71. The van der Waals surface area contributed by atoms with Crippen LogP contribution in [0, 0.1) is 5.92 Å². The van der Waals surface area contributed by atoms with Crippen molar-refractivity contribution in [3.8, 4) is 11.5 Å². The standard InChI is InChI=1S/C17H29NO2/c1-5-7-8-13(6-2)11-16(18)15-10-9-14(19-3)12-17(15)20-4/h9-10,12-13,16H,5-8,11,18H2,1-4H3. The van der Waals surface area contributed by atoms with E-state index in [9.17, 15) is 0 Å². The smallest absolute Gasteiger partial charge is 0.127 e. The fourth-order valence-corrected chi connectivity index (χ4v) is 2.59. The van der Waals surface area contributed by atoms with Crippen LogP contribution >= 0.6 is 0 Å². The third-order valence-corrected chi connectivity index (χ3v) is 3.97. The van der Waals surface area contributed by atoms with Gasteiger partial charge in [0.1, 0.15) is 11.5 Å². The molecule has 0 fully saturated rings. The van der Waals surface area contributed by atoms with E-state index in [-0.39, 0.29) is 6.04 Å². The van der Waals surface area contributed by atoms with Crippen molar-refractivity contribution < 1.29 is 9.47 Å². The zero-order valence-corrected chi connectivity index (χ0v) is 13.3. The molecule has 2 atom stereocenters. The molecule has 114 valence electrons. The Morgan fingerprint density at radius 3 is 2.45 bits per heavy atom. The fourth-order valence-electron chi connectivity index (χ4n) is 2.59. The molecule has 20 heavy (non-hydrogen) atoms. The van der Waals surface area contributed by atoms with Gasteiger partial charge >= 0.3 is 0 Å². The van der Waals surface area contributed by atoms with Crippen LogP contribution in [-0.2, 0) is 0 Å². The second-order valence-corrected chi connectivity index (χ2v) is 5.37. The highest BCUT2D eigenvalue weighted by Crippen LogP contribution is 2.32. The van der Waals surface area contributed by atoms with Crippen molar-refractivity contribution in [3.63, 3.8) is 0 Å². The predicted octanol–water partition coefficient (Wildman–Crippen LogP) is 4.31. The number of nitrogens with two attached hydrogens (primary N) is 1. The molecule has 0 aromatic heterocycles.